The molecule has 168 valence electrons. The highest BCUT2D eigenvalue weighted by Gasteiger charge is 2.41. The largest absolute Gasteiger partial charge is 0.376 e. The van der Waals surface area contributed by atoms with Gasteiger partial charge in [0.05, 0.1) is 24.5 Å². The molecule has 2 fully saturated rings. The molecule has 1 aromatic heterocycles. The number of rotatable bonds is 7. The van der Waals surface area contributed by atoms with E-state index in [2.05, 4.69) is 11.6 Å². The number of hydrogen-bond acceptors (Lipinski definition) is 4. The van der Waals surface area contributed by atoms with Crippen LogP contribution in [0.3, 0.4) is 0 Å². The van der Waals surface area contributed by atoms with Gasteiger partial charge in [0.15, 0.2) is 0 Å². The molecule has 1 aromatic rings. The van der Waals surface area contributed by atoms with Crippen molar-refractivity contribution in [3.05, 3.63) is 33.7 Å². The fraction of sp³-hybridized carbons (Fsp3) is 0.783. The molecular formula is C23H36N2O4S. The molecular weight excluding hydrogens is 400 g/mol. The van der Waals surface area contributed by atoms with E-state index in [9.17, 15) is 13.2 Å². The molecule has 30 heavy (non-hydrogen) atoms. The molecule has 0 saturated heterocycles. The summed E-state index contributed by atoms with van der Waals surface area (Å²) in [5, 5.41) is 0. The van der Waals surface area contributed by atoms with Crippen molar-refractivity contribution in [2.45, 2.75) is 83.9 Å². The number of pyridine rings is 1. The van der Waals surface area contributed by atoms with Crippen LogP contribution in [0.15, 0.2) is 16.9 Å². The van der Waals surface area contributed by atoms with Gasteiger partial charge in [0, 0.05) is 17.3 Å². The zero-order valence-electron chi connectivity index (χ0n) is 18.5. The van der Waals surface area contributed by atoms with Crippen molar-refractivity contribution in [1.29, 1.82) is 0 Å². The van der Waals surface area contributed by atoms with Gasteiger partial charge in [0.25, 0.3) is 5.56 Å². The van der Waals surface area contributed by atoms with Crippen molar-refractivity contribution in [2.75, 3.05) is 12.4 Å². The predicted octanol–water partition coefficient (Wildman–Crippen LogP) is 3.18. The van der Waals surface area contributed by atoms with Gasteiger partial charge in [-0.3, -0.25) is 4.79 Å². The summed E-state index contributed by atoms with van der Waals surface area (Å²) in [6.45, 7) is 6.18. The third-order valence-corrected chi connectivity index (χ3v) is 9.03. The first-order chi connectivity index (χ1) is 14.3. The standard InChI is InChI=1S/C23H36N2O4S/c1-4-30(27,28)24-21-12-9-18-8-5-15(2)23(26)25(18)22(21)14-29-19-10-6-17(7-11-19)20-13-16(20)3/h5,8,16-17,19-22,24H,4,6-7,9-14H2,1-3H3/t16-,17?,19?,20+,21?,22?/m0/s1. The topological polar surface area (TPSA) is 77.4 Å². The monoisotopic (exact) mass is 436 g/mol. The van der Waals surface area contributed by atoms with E-state index in [1.54, 1.807) is 11.5 Å². The molecule has 0 aromatic carbocycles. The Bertz CT molecular complexity index is 918. The molecule has 0 bridgehead atoms. The first-order valence-electron chi connectivity index (χ1n) is 11.6. The molecule has 2 heterocycles. The lowest BCUT2D eigenvalue weighted by molar-refractivity contribution is -0.00875. The third kappa shape index (κ3) is 4.68. The summed E-state index contributed by atoms with van der Waals surface area (Å²) in [4.78, 5) is 12.9. The SMILES string of the molecule is CCS(=O)(=O)NC1CCc2ccc(C)c(=O)n2C1COC1CCC([C@@H]2C[C@@H]2C)CC1. The molecule has 6 nitrogen and oxygen atoms in total. The second kappa shape index (κ2) is 8.75. The number of nitrogens with zero attached hydrogens (tertiary/aromatic N) is 1. The summed E-state index contributed by atoms with van der Waals surface area (Å²) in [6, 6.07) is 3.24. The third-order valence-electron chi connectivity index (χ3n) is 7.61. The van der Waals surface area contributed by atoms with Gasteiger partial charge in [0.2, 0.25) is 10.0 Å². The normalized spacial score (nSPS) is 33.8. The average Bonchev–Trinajstić information content (AvgIpc) is 3.46. The van der Waals surface area contributed by atoms with E-state index in [0.717, 1.165) is 36.3 Å². The lowest BCUT2D eigenvalue weighted by Gasteiger charge is -2.37. The van der Waals surface area contributed by atoms with Gasteiger partial charge in [-0.05, 0) is 82.6 Å². The van der Waals surface area contributed by atoms with Crippen LogP contribution in [-0.2, 0) is 21.2 Å². The number of sulfonamides is 1. The van der Waals surface area contributed by atoms with Crippen LogP contribution in [0.25, 0.3) is 0 Å². The van der Waals surface area contributed by atoms with Gasteiger partial charge in [-0.15, -0.1) is 0 Å². The van der Waals surface area contributed by atoms with Gasteiger partial charge in [0.1, 0.15) is 0 Å². The molecule has 2 saturated carbocycles. The first-order valence-corrected chi connectivity index (χ1v) is 13.3. The second-order valence-corrected chi connectivity index (χ2v) is 11.7. The maximum atomic E-state index is 12.9. The quantitative estimate of drug-likeness (QED) is 0.712. The molecule has 7 heteroatoms. The van der Waals surface area contributed by atoms with Crippen LogP contribution in [0.5, 0.6) is 0 Å². The van der Waals surface area contributed by atoms with Crippen LogP contribution in [0.1, 0.15) is 69.7 Å². The molecule has 0 amide bonds. The van der Waals surface area contributed by atoms with Gasteiger partial charge in [-0.1, -0.05) is 13.0 Å². The zero-order valence-corrected chi connectivity index (χ0v) is 19.3. The summed E-state index contributed by atoms with van der Waals surface area (Å²) in [5.74, 6) is 2.71. The maximum Gasteiger partial charge on any atom is 0.254 e. The average molecular weight is 437 g/mol. The molecule has 1 N–H and O–H groups in total. The maximum absolute atomic E-state index is 12.9. The Hall–Kier alpha value is -1.18. The fourth-order valence-electron chi connectivity index (χ4n) is 5.50. The van der Waals surface area contributed by atoms with E-state index in [0.29, 0.717) is 25.0 Å². The first kappa shape index (κ1) is 22.0. The predicted molar refractivity (Wildman–Crippen MR) is 118 cm³/mol. The summed E-state index contributed by atoms with van der Waals surface area (Å²) < 4.78 is 35.5. The Morgan fingerprint density at radius 2 is 1.87 bits per heavy atom. The van der Waals surface area contributed by atoms with Crippen LogP contribution >= 0.6 is 0 Å². The molecule has 2 aliphatic carbocycles. The van der Waals surface area contributed by atoms with Crippen LogP contribution < -0.4 is 10.3 Å². The van der Waals surface area contributed by atoms with Crippen molar-refractivity contribution in [3.8, 4) is 0 Å². The van der Waals surface area contributed by atoms with E-state index < -0.39 is 10.0 Å². The molecule has 1 aliphatic heterocycles. The molecule has 3 aliphatic rings. The number of fused-ring (bicyclic) bond motifs is 1. The van der Waals surface area contributed by atoms with E-state index in [-0.39, 0.29) is 29.5 Å². The van der Waals surface area contributed by atoms with E-state index in [1.165, 1.54) is 19.3 Å². The number of hydrogen-bond donors (Lipinski definition) is 1. The zero-order chi connectivity index (χ0) is 21.5. The van der Waals surface area contributed by atoms with Crippen molar-refractivity contribution in [2.24, 2.45) is 17.8 Å². The smallest absolute Gasteiger partial charge is 0.254 e. The Balaban J connectivity index is 1.48. The van der Waals surface area contributed by atoms with Crippen LogP contribution in [0.4, 0.5) is 0 Å². The minimum Gasteiger partial charge on any atom is -0.376 e. The molecule has 0 spiro atoms. The number of nitrogens with one attached hydrogen (secondary N) is 1. The van der Waals surface area contributed by atoms with Gasteiger partial charge in [-0.25, -0.2) is 13.1 Å². The van der Waals surface area contributed by atoms with Gasteiger partial charge < -0.3 is 9.30 Å². The summed E-state index contributed by atoms with van der Waals surface area (Å²) in [5.41, 5.74) is 1.62. The summed E-state index contributed by atoms with van der Waals surface area (Å²) >= 11 is 0. The van der Waals surface area contributed by atoms with Gasteiger partial charge >= 0.3 is 0 Å². The Morgan fingerprint density at radius 3 is 2.50 bits per heavy atom. The Labute approximate surface area is 180 Å². The lowest BCUT2D eigenvalue weighted by atomic mass is 9.83. The number of aryl methyl sites for hydroxylation is 2. The van der Waals surface area contributed by atoms with Crippen LogP contribution in [-0.4, -0.2) is 37.5 Å². The van der Waals surface area contributed by atoms with Crippen molar-refractivity contribution < 1.29 is 13.2 Å². The van der Waals surface area contributed by atoms with Crippen LogP contribution in [0.2, 0.25) is 0 Å². The van der Waals surface area contributed by atoms with Crippen molar-refractivity contribution >= 4 is 10.0 Å². The van der Waals surface area contributed by atoms with Crippen LogP contribution in [0, 0.1) is 24.7 Å². The summed E-state index contributed by atoms with van der Waals surface area (Å²) in [7, 11) is -3.36. The fourth-order valence-corrected chi connectivity index (χ4v) is 6.41. The van der Waals surface area contributed by atoms with E-state index in [4.69, 9.17) is 4.74 Å². The van der Waals surface area contributed by atoms with E-state index in [1.807, 2.05) is 19.1 Å². The Morgan fingerprint density at radius 1 is 1.17 bits per heavy atom. The molecule has 2 unspecified atom stereocenters. The van der Waals surface area contributed by atoms with E-state index >= 15 is 0 Å². The minimum absolute atomic E-state index is 0.0343. The Kier molecular flexibility index (Phi) is 6.43. The number of aromatic nitrogens is 1. The van der Waals surface area contributed by atoms with Gasteiger partial charge in [-0.2, -0.15) is 0 Å². The van der Waals surface area contributed by atoms with Crippen molar-refractivity contribution in [1.82, 2.24) is 9.29 Å². The molecule has 4 atom stereocenters. The lowest BCUT2D eigenvalue weighted by Crippen LogP contribution is -2.50. The number of ether oxygens (including phenoxy) is 1. The highest BCUT2D eigenvalue weighted by Crippen LogP contribution is 2.49. The minimum atomic E-state index is -3.36. The molecule has 0 radical (unpaired) electrons. The van der Waals surface area contributed by atoms with Crippen molar-refractivity contribution in [3.63, 3.8) is 0 Å². The highest BCUT2D eigenvalue weighted by molar-refractivity contribution is 7.89. The molecule has 4 rings (SSSR count). The highest BCUT2D eigenvalue weighted by atomic mass is 32.2. The summed E-state index contributed by atoms with van der Waals surface area (Å²) in [6.07, 6.45) is 7.57. The second-order valence-electron chi connectivity index (χ2n) is 9.66.